The first kappa shape index (κ1) is 16.9. The zero-order chi connectivity index (χ0) is 15.0. The van der Waals surface area contributed by atoms with Crippen LogP contribution in [0.25, 0.3) is 0 Å². The number of carbonyl (C=O) groups excluding carboxylic acids is 1. The average Bonchev–Trinajstić information content (AvgIpc) is 2.80. The first-order valence-corrected chi connectivity index (χ1v) is 7.55. The van der Waals surface area contributed by atoms with Gasteiger partial charge in [0, 0.05) is 25.8 Å². The van der Waals surface area contributed by atoms with Gasteiger partial charge in [0.05, 0.1) is 4.92 Å². The van der Waals surface area contributed by atoms with Crippen molar-refractivity contribution in [2.24, 2.45) is 0 Å². The quantitative estimate of drug-likeness (QED) is 0.430. The number of carbonyl (C=O) groups is 1. The summed E-state index contributed by atoms with van der Waals surface area (Å²) >= 11 is 6.60. The first-order valence-electron chi connectivity index (χ1n) is 6.36. The van der Waals surface area contributed by atoms with E-state index < -0.39 is 4.92 Å². The Balaban J connectivity index is 2.29. The Morgan fingerprint density at radius 1 is 1.50 bits per heavy atom. The zero-order valence-corrected chi connectivity index (χ0v) is 12.8. The van der Waals surface area contributed by atoms with Crippen LogP contribution in [-0.4, -0.2) is 30.6 Å². The smallest absolute Gasteiger partial charge is 0.299 e. The number of nitro groups is 1. The fourth-order valence-electron chi connectivity index (χ4n) is 1.41. The predicted molar refractivity (Wildman–Crippen MR) is 78.7 cm³/mol. The van der Waals surface area contributed by atoms with E-state index in [9.17, 15) is 14.9 Å². The van der Waals surface area contributed by atoms with Gasteiger partial charge in [-0.25, -0.2) is 0 Å². The molecule has 0 radical (unpaired) electrons. The fraction of sp³-hybridized carbons (Fsp3) is 0.583. The van der Waals surface area contributed by atoms with E-state index >= 15 is 0 Å². The van der Waals surface area contributed by atoms with Crippen molar-refractivity contribution in [3.63, 3.8) is 0 Å². The SMILES string of the molecule is CCCCOCCCNC(=O)c1cc([N+](=O)[O-])c(Cl)s1. The minimum atomic E-state index is -0.600. The number of halogens is 1. The maximum Gasteiger partial charge on any atom is 0.299 e. The number of amides is 1. The van der Waals surface area contributed by atoms with E-state index in [0.29, 0.717) is 19.6 Å². The monoisotopic (exact) mass is 320 g/mol. The van der Waals surface area contributed by atoms with E-state index in [2.05, 4.69) is 12.2 Å². The topological polar surface area (TPSA) is 81.5 Å². The summed E-state index contributed by atoms with van der Waals surface area (Å²) in [6.07, 6.45) is 2.83. The molecule has 0 saturated heterocycles. The zero-order valence-electron chi connectivity index (χ0n) is 11.2. The number of nitrogens with one attached hydrogen (secondary N) is 1. The minimum Gasteiger partial charge on any atom is -0.381 e. The second kappa shape index (κ2) is 8.89. The molecule has 20 heavy (non-hydrogen) atoms. The maximum atomic E-state index is 11.7. The van der Waals surface area contributed by atoms with Crippen LogP contribution in [-0.2, 0) is 4.74 Å². The molecule has 0 unspecified atom stereocenters. The van der Waals surface area contributed by atoms with Gasteiger partial charge in [0.15, 0.2) is 4.34 Å². The summed E-state index contributed by atoms with van der Waals surface area (Å²) in [5.74, 6) is -0.349. The molecule has 8 heteroatoms. The lowest BCUT2D eigenvalue weighted by molar-refractivity contribution is -0.384. The highest BCUT2D eigenvalue weighted by atomic mass is 35.5. The Morgan fingerprint density at radius 2 is 2.20 bits per heavy atom. The van der Waals surface area contributed by atoms with E-state index in [0.717, 1.165) is 30.8 Å². The van der Waals surface area contributed by atoms with E-state index in [-0.39, 0.29) is 20.8 Å². The van der Waals surface area contributed by atoms with Crippen molar-refractivity contribution in [1.82, 2.24) is 5.32 Å². The number of thiophene rings is 1. The summed E-state index contributed by atoms with van der Waals surface area (Å²) in [4.78, 5) is 22.0. The van der Waals surface area contributed by atoms with Crippen LogP contribution >= 0.6 is 22.9 Å². The van der Waals surface area contributed by atoms with Gasteiger partial charge in [0.25, 0.3) is 11.6 Å². The molecule has 0 aliphatic rings. The van der Waals surface area contributed by atoms with Crippen molar-refractivity contribution < 1.29 is 14.5 Å². The number of rotatable bonds is 9. The molecule has 112 valence electrons. The van der Waals surface area contributed by atoms with Crippen molar-refractivity contribution in [2.45, 2.75) is 26.2 Å². The number of hydrogen-bond donors (Lipinski definition) is 1. The Morgan fingerprint density at radius 3 is 2.80 bits per heavy atom. The lowest BCUT2D eigenvalue weighted by Crippen LogP contribution is -2.24. The lowest BCUT2D eigenvalue weighted by atomic mass is 10.3. The van der Waals surface area contributed by atoms with Gasteiger partial charge in [-0.1, -0.05) is 24.9 Å². The third kappa shape index (κ3) is 5.44. The largest absolute Gasteiger partial charge is 0.381 e. The summed E-state index contributed by atoms with van der Waals surface area (Å²) in [6.45, 7) is 3.88. The summed E-state index contributed by atoms with van der Waals surface area (Å²) in [5, 5.41) is 13.3. The molecule has 6 nitrogen and oxygen atoms in total. The Labute approximate surface area is 126 Å². The molecular formula is C12H17ClN2O4S. The van der Waals surface area contributed by atoms with Gasteiger partial charge in [0.2, 0.25) is 0 Å². The van der Waals surface area contributed by atoms with Crippen LogP contribution in [0.4, 0.5) is 5.69 Å². The van der Waals surface area contributed by atoms with Crippen molar-refractivity contribution in [3.05, 3.63) is 25.4 Å². The van der Waals surface area contributed by atoms with Crippen LogP contribution in [0.3, 0.4) is 0 Å². The summed E-state index contributed by atoms with van der Waals surface area (Å²) in [7, 11) is 0. The average molecular weight is 321 g/mol. The summed E-state index contributed by atoms with van der Waals surface area (Å²) in [6, 6.07) is 1.19. The van der Waals surface area contributed by atoms with Crippen LogP contribution in [0.2, 0.25) is 4.34 Å². The molecule has 1 aromatic heterocycles. The van der Waals surface area contributed by atoms with Crippen LogP contribution in [0.5, 0.6) is 0 Å². The fourth-order valence-corrected chi connectivity index (χ4v) is 2.55. The van der Waals surface area contributed by atoms with Crippen LogP contribution in [0.1, 0.15) is 35.9 Å². The van der Waals surface area contributed by atoms with E-state index in [1.54, 1.807) is 0 Å². The highest BCUT2D eigenvalue weighted by Gasteiger charge is 2.20. The third-order valence-corrected chi connectivity index (χ3v) is 3.82. The van der Waals surface area contributed by atoms with Gasteiger partial charge in [0.1, 0.15) is 4.88 Å². The van der Waals surface area contributed by atoms with Gasteiger partial charge < -0.3 is 10.1 Å². The number of hydrogen-bond acceptors (Lipinski definition) is 5. The molecule has 0 saturated carbocycles. The van der Waals surface area contributed by atoms with Crippen LogP contribution < -0.4 is 5.32 Å². The van der Waals surface area contributed by atoms with Gasteiger partial charge in [-0.05, 0) is 12.8 Å². The predicted octanol–water partition coefficient (Wildman–Crippen LogP) is 3.25. The maximum absolute atomic E-state index is 11.7. The molecule has 1 amide bonds. The minimum absolute atomic E-state index is 0.0167. The molecule has 0 bridgehead atoms. The van der Waals surface area contributed by atoms with Crippen molar-refractivity contribution in [3.8, 4) is 0 Å². The van der Waals surface area contributed by atoms with Gasteiger partial charge in [-0.15, -0.1) is 11.3 Å². The standard InChI is InChI=1S/C12H17ClN2O4S/c1-2-3-6-19-7-4-5-14-12(16)10-8-9(15(17)18)11(13)20-10/h8H,2-7H2,1H3,(H,14,16). The lowest BCUT2D eigenvalue weighted by Gasteiger charge is -2.04. The highest BCUT2D eigenvalue weighted by molar-refractivity contribution is 7.18. The van der Waals surface area contributed by atoms with E-state index in [4.69, 9.17) is 16.3 Å². The molecular weight excluding hydrogens is 304 g/mol. The van der Waals surface area contributed by atoms with Crippen LogP contribution in [0, 0.1) is 10.1 Å². The highest BCUT2D eigenvalue weighted by Crippen LogP contribution is 2.33. The number of nitrogens with zero attached hydrogens (tertiary/aromatic N) is 1. The molecule has 0 fully saturated rings. The normalized spacial score (nSPS) is 10.5. The molecule has 1 aromatic rings. The van der Waals surface area contributed by atoms with Crippen molar-refractivity contribution in [1.29, 1.82) is 0 Å². The van der Waals surface area contributed by atoms with Gasteiger partial charge in [-0.3, -0.25) is 14.9 Å². The number of unbranched alkanes of at least 4 members (excludes halogenated alkanes) is 1. The molecule has 0 spiro atoms. The molecule has 0 aromatic carbocycles. The summed E-state index contributed by atoms with van der Waals surface area (Å²) < 4.78 is 5.37. The Bertz CT molecular complexity index is 464. The number of ether oxygens (including phenoxy) is 1. The van der Waals surface area contributed by atoms with E-state index in [1.165, 1.54) is 6.07 Å². The Hall–Kier alpha value is -1.18. The second-order valence-electron chi connectivity index (χ2n) is 4.10. The van der Waals surface area contributed by atoms with Crippen LogP contribution in [0.15, 0.2) is 6.07 Å². The molecule has 1 rings (SSSR count). The van der Waals surface area contributed by atoms with Crippen molar-refractivity contribution >= 4 is 34.5 Å². The molecule has 1 N–H and O–H groups in total. The Kier molecular flexibility index (Phi) is 7.50. The third-order valence-electron chi connectivity index (χ3n) is 2.48. The molecule has 1 heterocycles. The van der Waals surface area contributed by atoms with Crippen molar-refractivity contribution in [2.75, 3.05) is 19.8 Å². The molecule has 0 aliphatic heterocycles. The molecule has 0 atom stereocenters. The van der Waals surface area contributed by atoms with Gasteiger partial charge >= 0.3 is 0 Å². The van der Waals surface area contributed by atoms with Gasteiger partial charge in [-0.2, -0.15) is 0 Å². The first-order chi connectivity index (χ1) is 9.56. The molecule has 0 aliphatic carbocycles. The van der Waals surface area contributed by atoms with E-state index in [1.807, 2.05) is 0 Å². The second-order valence-corrected chi connectivity index (χ2v) is 5.76. The summed E-state index contributed by atoms with van der Waals surface area (Å²) in [5.41, 5.74) is -0.232.